The lowest BCUT2D eigenvalue weighted by Gasteiger charge is -2.24. The van der Waals surface area contributed by atoms with E-state index < -0.39 is 35.7 Å². The van der Waals surface area contributed by atoms with Gasteiger partial charge < -0.3 is 16.0 Å². The lowest BCUT2D eigenvalue weighted by molar-refractivity contribution is -0.135. The molecule has 1 heterocycles. The molecule has 1 aliphatic heterocycles. The lowest BCUT2D eigenvalue weighted by atomic mass is 9.90. The molecule has 5 amide bonds. The number of carbonyl (C=O) groups excluding carboxylic acids is 4. The maximum absolute atomic E-state index is 12.9. The van der Waals surface area contributed by atoms with Crippen LogP contribution in [0.5, 0.6) is 0 Å². The van der Waals surface area contributed by atoms with E-state index >= 15 is 0 Å². The maximum atomic E-state index is 12.9. The second-order valence-electron chi connectivity index (χ2n) is 7.15. The molecule has 1 spiro atoms. The standard InChI is InChI=1S/C19H23FN4O4/c20-13-5-7-14(8-6-13)22-15(25)11-21-16(26)12-24-17(27)19(23-18(24)28)9-3-1-2-4-10-19/h5-8H,1-4,9-12H2,(H,21,26)(H,22,25)(H,23,28). The van der Waals surface area contributed by atoms with Crippen molar-refractivity contribution in [1.29, 1.82) is 0 Å². The van der Waals surface area contributed by atoms with Gasteiger partial charge in [-0.3, -0.25) is 19.3 Å². The monoisotopic (exact) mass is 390 g/mol. The van der Waals surface area contributed by atoms with Crippen LogP contribution in [0.4, 0.5) is 14.9 Å². The highest BCUT2D eigenvalue weighted by Gasteiger charge is 2.51. The third kappa shape index (κ3) is 4.47. The first kappa shape index (κ1) is 19.8. The molecule has 0 bridgehead atoms. The fourth-order valence-corrected chi connectivity index (χ4v) is 3.61. The number of nitrogens with zero attached hydrogens (tertiary/aromatic N) is 1. The molecular weight excluding hydrogens is 367 g/mol. The Morgan fingerprint density at radius 2 is 1.68 bits per heavy atom. The van der Waals surface area contributed by atoms with Crippen molar-refractivity contribution >= 4 is 29.4 Å². The summed E-state index contributed by atoms with van der Waals surface area (Å²) in [5.74, 6) is -1.91. The molecule has 28 heavy (non-hydrogen) atoms. The van der Waals surface area contributed by atoms with E-state index in [9.17, 15) is 23.6 Å². The first-order valence-electron chi connectivity index (χ1n) is 9.36. The first-order valence-corrected chi connectivity index (χ1v) is 9.36. The average molecular weight is 390 g/mol. The van der Waals surface area contributed by atoms with E-state index in [1.807, 2.05) is 0 Å². The zero-order chi connectivity index (χ0) is 20.1. The van der Waals surface area contributed by atoms with Gasteiger partial charge in [-0.1, -0.05) is 25.7 Å². The van der Waals surface area contributed by atoms with Crippen LogP contribution in [0.1, 0.15) is 38.5 Å². The largest absolute Gasteiger partial charge is 0.345 e. The molecule has 1 aliphatic carbocycles. The minimum Gasteiger partial charge on any atom is -0.345 e. The molecule has 1 saturated carbocycles. The van der Waals surface area contributed by atoms with Crippen molar-refractivity contribution in [3.05, 3.63) is 30.1 Å². The summed E-state index contributed by atoms with van der Waals surface area (Å²) in [6.45, 7) is -0.763. The van der Waals surface area contributed by atoms with Gasteiger partial charge in [-0.25, -0.2) is 9.18 Å². The van der Waals surface area contributed by atoms with Crippen LogP contribution in [0.3, 0.4) is 0 Å². The smallest absolute Gasteiger partial charge is 0.325 e. The van der Waals surface area contributed by atoms with Crippen LogP contribution in [-0.4, -0.2) is 47.3 Å². The number of halogens is 1. The molecule has 9 heteroatoms. The number of anilines is 1. The summed E-state index contributed by atoms with van der Waals surface area (Å²) in [5, 5.41) is 7.66. The van der Waals surface area contributed by atoms with Gasteiger partial charge in [-0.05, 0) is 37.1 Å². The summed E-state index contributed by atoms with van der Waals surface area (Å²) in [4.78, 5) is 49.9. The summed E-state index contributed by atoms with van der Waals surface area (Å²) < 4.78 is 12.9. The molecule has 1 saturated heterocycles. The van der Waals surface area contributed by atoms with Crippen molar-refractivity contribution in [3.63, 3.8) is 0 Å². The van der Waals surface area contributed by atoms with E-state index in [4.69, 9.17) is 0 Å². The summed E-state index contributed by atoms with van der Waals surface area (Å²) in [7, 11) is 0. The number of hydrogen-bond donors (Lipinski definition) is 3. The molecular formula is C19H23FN4O4. The Labute approximate surface area is 161 Å². The second kappa shape index (κ2) is 8.37. The number of urea groups is 1. The first-order chi connectivity index (χ1) is 13.4. The molecule has 1 aromatic carbocycles. The summed E-state index contributed by atoms with van der Waals surface area (Å²) >= 11 is 0. The molecule has 2 aliphatic rings. The highest BCUT2D eigenvalue weighted by atomic mass is 19.1. The Morgan fingerprint density at radius 3 is 2.32 bits per heavy atom. The molecule has 0 aromatic heterocycles. The van der Waals surface area contributed by atoms with Crippen LogP contribution < -0.4 is 16.0 Å². The Hall–Kier alpha value is -2.97. The molecule has 0 atom stereocenters. The van der Waals surface area contributed by atoms with E-state index in [2.05, 4.69) is 16.0 Å². The van der Waals surface area contributed by atoms with Gasteiger partial charge in [-0.15, -0.1) is 0 Å². The van der Waals surface area contributed by atoms with Crippen LogP contribution in [0, 0.1) is 5.82 Å². The van der Waals surface area contributed by atoms with E-state index in [1.165, 1.54) is 24.3 Å². The summed E-state index contributed by atoms with van der Waals surface area (Å²) in [6, 6.07) is 4.63. The minimum atomic E-state index is -0.895. The fraction of sp³-hybridized carbons (Fsp3) is 0.474. The van der Waals surface area contributed by atoms with Gasteiger partial charge in [0.15, 0.2) is 0 Å². The molecule has 8 nitrogen and oxygen atoms in total. The van der Waals surface area contributed by atoms with Crippen LogP contribution >= 0.6 is 0 Å². The predicted octanol–water partition coefficient (Wildman–Crippen LogP) is 1.53. The van der Waals surface area contributed by atoms with Gasteiger partial charge in [0.05, 0.1) is 6.54 Å². The molecule has 3 N–H and O–H groups in total. The second-order valence-corrected chi connectivity index (χ2v) is 7.15. The number of hydrogen-bond acceptors (Lipinski definition) is 4. The van der Waals surface area contributed by atoms with Crippen molar-refractivity contribution in [3.8, 4) is 0 Å². The number of amides is 5. The molecule has 0 radical (unpaired) electrons. The van der Waals surface area contributed by atoms with Crippen molar-refractivity contribution < 1.29 is 23.6 Å². The van der Waals surface area contributed by atoms with Crippen LogP contribution in [0.15, 0.2) is 24.3 Å². The Balaban J connectivity index is 1.50. The van der Waals surface area contributed by atoms with Gasteiger partial charge in [-0.2, -0.15) is 0 Å². The van der Waals surface area contributed by atoms with Gasteiger partial charge in [0.25, 0.3) is 5.91 Å². The number of rotatable bonds is 5. The normalized spacial score (nSPS) is 18.5. The summed E-state index contributed by atoms with van der Waals surface area (Å²) in [6.07, 6.45) is 4.92. The van der Waals surface area contributed by atoms with E-state index in [0.29, 0.717) is 18.5 Å². The predicted molar refractivity (Wildman–Crippen MR) is 98.7 cm³/mol. The quantitative estimate of drug-likeness (QED) is 0.663. The number of imide groups is 1. The van der Waals surface area contributed by atoms with Crippen LogP contribution in [-0.2, 0) is 14.4 Å². The van der Waals surface area contributed by atoms with Crippen molar-refractivity contribution in [2.45, 2.75) is 44.1 Å². The molecule has 2 fully saturated rings. The van der Waals surface area contributed by atoms with Crippen LogP contribution in [0.25, 0.3) is 0 Å². The van der Waals surface area contributed by atoms with Gasteiger partial charge in [0.1, 0.15) is 17.9 Å². The van der Waals surface area contributed by atoms with Crippen molar-refractivity contribution in [2.24, 2.45) is 0 Å². The van der Waals surface area contributed by atoms with Crippen molar-refractivity contribution in [2.75, 3.05) is 18.4 Å². The van der Waals surface area contributed by atoms with Gasteiger partial charge >= 0.3 is 6.03 Å². The van der Waals surface area contributed by atoms with Gasteiger partial charge in [0, 0.05) is 5.69 Å². The Morgan fingerprint density at radius 1 is 1.04 bits per heavy atom. The Kier molecular flexibility index (Phi) is 5.91. The minimum absolute atomic E-state index is 0.328. The van der Waals surface area contributed by atoms with Crippen molar-refractivity contribution in [1.82, 2.24) is 15.5 Å². The highest BCUT2D eigenvalue weighted by Crippen LogP contribution is 2.32. The fourth-order valence-electron chi connectivity index (χ4n) is 3.61. The number of benzene rings is 1. The van der Waals surface area contributed by atoms with Crippen LogP contribution in [0.2, 0.25) is 0 Å². The maximum Gasteiger partial charge on any atom is 0.325 e. The van der Waals surface area contributed by atoms with E-state index in [-0.39, 0.29) is 12.5 Å². The molecule has 1 aromatic rings. The zero-order valence-electron chi connectivity index (χ0n) is 15.4. The average Bonchev–Trinajstić information content (AvgIpc) is 2.83. The van der Waals surface area contributed by atoms with E-state index in [1.54, 1.807) is 0 Å². The SMILES string of the molecule is O=C(CN1C(=O)NC2(CCCCCC2)C1=O)NCC(=O)Nc1ccc(F)cc1. The molecule has 3 rings (SSSR count). The highest BCUT2D eigenvalue weighted by molar-refractivity contribution is 6.09. The number of nitrogens with one attached hydrogen (secondary N) is 3. The zero-order valence-corrected chi connectivity index (χ0v) is 15.4. The molecule has 150 valence electrons. The lowest BCUT2D eigenvalue weighted by Crippen LogP contribution is -2.47. The van der Waals surface area contributed by atoms with E-state index in [0.717, 1.165) is 30.6 Å². The van der Waals surface area contributed by atoms with Gasteiger partial charge in [0.2, 0.25) is 11.8 Å². The Bertz CT molecular complexity index is 773. The third-order valence-electron chi connectivity index (χ3n) is 5.08. The summed E-state index contributed by atoms with van der Waals surface area (Å²) in [5.41, 5.74) is -0.501. The number of carbonyl (C=O) groups is 4. The molecule has 0 unspecified atom stereocenters. The topological polar surface area (TPSA) is 108 Å². The third-order valence-corrected chi connectivity index (χ3v) is 5.08.